The second-order valence-electron chi connectivity index (χ2n) is 6.28. The molecule has 6 heteroatoms. The Kier molecular flexibility index (Phi) is 4.86. The van der Waals surface area contributed by atoms with Gasteiger partial charge < -0.3 is 15.7 Å². The van der Waals surface area contributed by atoms with Gasteiger partial charge in [-0.05, 0) is 38.1 Å². The Morgan fingerprint density at radius 2 is 2.05 bits per heavy atom. The van der Waals surface area contributed by atoms with E-state index in [1.54, 1.807) is 0 Å². The molecule has 2 amide bonds. The van der Waals surface area contributed by atoms with Gasteiger partial charge >= 0.3 is 12.0 Å². The van der Waals surface area contributed by atoms with E-state index in [0.717, 1.165) is 25.9 Å². The quantitative estimate of drug-likeness (QED) is 0.703. The second kappa shape index (κ2) is 6.43. The number of carbonyl (C=O) groups excluding carboxylic acids is 1. The maximum atomic E-state index is 12.0. The Labute approximate surface area is 119 Å². The molecule has 0 bridgehead atoms. The van der Waals surface area contributed by atoms with E-state index in [1.165, 1.54) is 6.42 Å². The number of aliphatic carboxylic acids is 1. The Bertz CT molecular complexity index is 373. The van der Waals surface area contributed by atoms with Crippen LogP contribution in [0, 0.1) is 5.92 Å². The van der Waals surface area contributed by atoms with E-state index in [-0.39, 0.29) is 18.0 Å². The zero-order valence-electron chi connectivity index (χ0n) is 12.3. The van der Waals surface area contributed by atoms with E-state index in [0.29, 0.717) is 12.5 Å². The number of rotatable bonds is 5. The van der Waals surface area contributed by atoms with Crippen molar-refractivity contribution in [3.63, 3.8) is 0 Å². The molecule has 6 nitrogen and oxygen atoms in total. The van der Waals surface area contributed by atoms with Crippen LogP contribution in [0.15, 0.2) is 0 Å². The summed E-state index contributed by atoms with van der Waals surface area (Å²) in [4.78, 5) is 25.5. The van der Waals surface area contributed by atoms with Crippen LogP contribution in [-0.2, 0) is 4.79 Å². The molecule has 0 saturated carbocycles. The van der Waals surface area contributed by atoms with Crippen LogP contribution in [0.5, 0.6) is 0 Å². The average Bonchev–Trinajstić information content (AvgIpc) is 2.92. The highest BCUT2D eigenvalue weighted by atomic mass is 16.4. The number of hydrogen-bond acceptors (Lipinski definition) is 3. The highest BCUT2D eigenvalue weighted by Crippen LogP contribution is 2.27. The monoisotopic (exact) mass is 283 g/mol. The minimum atomic E-state index is -0.970. The Hall–Kier alpha value is -1.30. The largest absolute Gasteiger partial charge is 0.480 e. The molecule has 0 radical (unpaired) electrons. The molecule has 2 rings (SSSR count). The molecule has 20 heavy (non-hydrogen) atoms. The molecule has 3 atom stereocenters. The van der Waals surface area contributed by atoms with Gasteiger partial charge in [0.2, 0.25) is 0 Å². The molecule has 2 saturated heterocycles. The van der Waals surface area contributed by atoms with Crippen LogP contribution in [0.25, 0.3) is 0 Å². The Balaban J connectivity index is 1.83. The van der Waals surface area contributed by atoms with Crippen molar-refractivity contribution in [3.8, 4) is 0 Å². The van der Waals surface area contributed by atoms with Gasteiger partial charge in [-0.25, -0.2) is 9.59 Å². The van der Waals surface area contributed by atoms with Gasteiger partial charge in [-0.15, -0.1) is 0 Å². The first-order chi connectivity index (χ1) is 9.47. The normalized spacial score (nSPS) is 27.4. The minimum Gasteiger partial charge on any atom is -0.480 e. The zero-order valence-corrected chi connectivity index (χ0v) is 12.3. The summed E-state index contributed by atoms with van der Waals surface area (Å²) in [5.74, 6) is -0.740. The second-order valence-corrected chi connectivity index (χ2v) is 6.28. The number of nitrogens with one attached hydrogen (secondary N) is 2. The van der Waals surface area contributed by atoms with Gasteiger partial charge in [-0.2, -0.15) is 0 Å². The van der Waals surface area contributed by atoms with E-state index in [2.05, 4.69) is 15.5 Å². The zero-order chi connectivity index (χ0) is 14.7. The van der Waals surface area contributed by atoms with Gasteiger partial charge in [0.15, 0.2) is 0 Å². The summed E-state index contributed by atoms with van der Waals surface area (Å²) >= 11 is 0. The van der Waals surface area contributed by atoms with Crippen molar-refractivity contribution < 1.29 is 14.7 Å². The van der Waals surface area contributed by atoms with Gasteiger partial charge in [0.05, 0.1) is 0 Å². The number of nitrogens with zero attached hydrogens (tertiary/aromatic N) is 1. The molecule has 0 aromatic heterocycles. The summed E-state index contributed by atoms with van der Waals surface area (Å²) in [6.45, 7) is 6.05. The van der Waals surface area contributed by atoms with Crippen molar-refractivity contribution in [3.05, 3.63) is 0 Å². The van der Waals surface area contributed by atoms with Crippen LogP contribution in [-0.4, -0.2) is 53.2 Å². The lowest BCUT2D eigenvalue weighted by atomic mass is 10.0. The first kappa shape index (κ1) is 15.1. The first-order valence-corrected chi connectivity index (χ1v) is 7.51. The van der Waals surface area contributed by atoms with Crippen LogP contribution < -0.4 is 10.6 Å². The van der Waals surface area contributed by atoms with Gasteiger partial charge in [0, 0.05) is 18.6 Å². The number of carboxylic acids is 1. The van der Waals surface area contributed by atoms with Crippen LogP contribution in [0.4, 0.5) is 4.79 Å². The molecule has 114 valence electrons. The molecule has 0 aromatic rings. The van der Waals surface area contributed by atoms with Crippen molar-refractivity contribution in [2.45, 2.75) is 57.7 Å². The van der Waals surface area contributed by atoms with E-state index < -0.39 is 12.0 Å². The van der Waals surface area contributed by atoms with E-state index in [1.807, 2.05) is 13.8 Å². The number of carboxylic acid groups (broad SMARTS) is 1. The molecule has 2 fully saturated rings. The van der Waals surface area contributed by atoms with Crippen molar-refractivity contribution in [2.75, 3.05) is 13.1 Å². The topological polar surface area (TPSA) is 81.7 Å². The maximum Gasteiger partial charge on any atom is 0.326 e. The van der Waals surface area contributed by atoms with Gasteiger partial charge in [-0.1, -0.05) is 13.8 Å². The minimum absolute atomic E-state index is 0.158. The summed E-state index contributed by atoms with van der Waals surface area (Å²) in [5.41, 5.74) is 0. The summed E-state index contributed by atoms with van der Waals surface area (Å²) < 4.78 is 0. The third-order valence-corrected chi connectivity index (χ3v) is 4.23. The van der Waals surface area contributed by atoms with E-state index in [9.17, 15) is 9.59 Å². The molecule has 0 aromatic carbocycles. The molecule has 3 N–H and O–H groups in total. The van der Waals surface area contributed by atoms with Crippen molar-refractivity contribution >= 4 is 12.0 Å². The smallest absolute Gasteiger partial charge is 0.326 e. The van der Waals surface area contributed by atoms with Gasteiger partial charge in [0.1, 0.15) is 6.04 Å². The number of fused-ring (bicyclic) bond motifs is 1. The third kappa shape index (κ3) is 3.62. The van der Waals surface area contributed by atoms with Crippen molar-refractivity contribution in [1.82, 2.24) is 15.5 Å². The van der Waals surface area contributed by atoms with Crippen LogP contribution in [0.2, 0.25) is 0 Å². The predicted octanol–water partition coefficient (Wildman–Crippen LogP) is 1.02. The molecule has 2 aliphatic heterocycles. The molecular formula is C14H25N3O3. The Morgan fingerprint density at radius 3 is 2.70 bits per heavy atom. The molecule has 2 aliphatic rings. The number of carbonyl (C=O) groups is 2. The third-order valence-electron chi connectivity index (χ3n) is 4.23. The van der Waals surface area contributed by atoms with Crippen molar-refractivity contribution in [1.29, 1.82) is 0 Å². The fourth-order valence-electron chi connectivity index (χ4n) is 3.31. The fraction of sp³-hybridized carbons (Fsp3) is 0.857. The molecule has 2 heterocycles. The summed E-state index contributed by atoms with van der Waals surface area (Å²) in [7, 11) is 0. The molecule has 0 spiro atoms. The molecule has 0 aliphatic carbocycles. The molecule has 2 unspecified atom stereocenters. The van der Waals surface area contributed by atoms with Gasteiger partial charge in [0.25, 0.3) is 0 Å². The van der Waals surface area contributed by atoms with E-state index in [4.69, 9.17) is 5.11 Å². The van der Waals surface area contributed by atoms with Crippen LogP contribution >= 0.6 is 0 Å². The number of urea groups is 1. The highest BCUT2D eigenvalue weighted by Gasteiger charge is 2.38. The fourth-order valence-corrected chi connectivity index (χ4v) is 3.31. The SMILES string of the molecule is CC(C)C[C@@H](NC(=O)NC1CCN2CCCC12)C(=O)O. The number of hydrogen-bond donors (Lipinski definition) is 3. The standard InChI is InChI=1S/C14H25N3O3/c1-9(2)8-11(13(18)19)16-14(20)15-10-5-7-17-6-3-4-12(10)17/h9-12H,3-8H2,1-2H3,(H,18,19)(H2,15,16,20)/t10?,11-,12?/m1/s1. The lowest BCUT2D eigenvalue weighted by Gasteiger charge is -2.23. The maximum absolute atomic E-state index is 12.0. The summed E-state index contributed by atoms with van der Waals surface area (Å²) in [6.07, 6.45) is 3.72. The molecular weight excluding hydrogens is 258 g/mol. The number of amides is 2. The highest BCUT2D eigenvalue weighted by molar-refractivity contribution is 5.82. The van der Waals surface area contributed by atoms with Crippen molar-refractivity contribution in [2.24, 2.45) is 5.92 Å². The average molecular weight is 283 g/mol. The lowest BCUT2D eigenvalue weighted by Crippen LogP contribution is -2.51. The summed E-state index contributed by atoms with van der Waals surface area (Å²) in [5, 5.41) is 14.7. The van der Waals surface area contributed by atoms with Gasteiger partial charge in [-0.3, -0.25) is 4.90 Å². The Morgan fingerprint density at radius 1 is 1.30 bits per heavy atom. The predicted molar refractivity (Wildman–Crippen MR) is 75.5 cm³/mol. The van der Waals surface area contributed by atoms with E-state index >= 15 is 0 Å². The first-order valence-electron chi connectivity index (χ1n) is 7.51. The summed E-state index contributed by atoms with van der Waals surface area (Å²) in [6, 6.07) is -0.562. The van der Waals surface area contributed by atoms with Crippen LogP contribution in [0.3, 0.4) is 0 Å². The lowest BCUT2D eigenvalue weighted by molar-refractivity contribution is -0.139. The van der Waals surface area contributed by atoms with Crippen LogP contribution in [0.1, 0.15) is 39.5 Å².